The Kier molecular flexibility index (Phi) is 5.09. The second-order valence-corrected chi connectivity index (χ2v) is 8.87. The molecular weight excluding hydrogens is 356 g/mol. The minimum Gasteiger partial charge on any atom is -0.369 e. The zero-order valence-electron chi connectivity index (χ0n) is 14.8. The molecule has 1 aliphatic heterocycles. The summed E-state index contributed by atoms with van der Waals surface area (Å²) in [5, 5.41) is 0.739. The van der Waals surface area contributed by atoms with Gasteiger partial charge in [0.1, 0.15) is 0 Å². The van der Waals surface area contributed by atoms with E-state index in [0.29, 0.717) is 31.1 Å². The van der Waals surface area contributed by atoms with Crippen molar-refractivity contribution in [2.75, 3.05) is 31.1 Å². The van der Waals surface area contributed by atoms with Crippen molar-refractivity contribution in [3.05, 3.63) is 58.1 Å². The van der Waals surface area contributed by atoms with E-state index in [0.717, 1.165) is 27.4 Å². The quantitative estimate of drug-likeness (QED) is 0.816. The largest absolute Gasteiger partial charge is 0.369 e. The van der Waals surface area contributed by atoms with Crippen molar-refractivity contribution in [2.24, 2.45) is 0 Å². The second kappa shape index (κ2) is 6.98. The standard InChI is InChI=1S/C19H23ClN2O2S/c1-14-7-8-17(13-15(14)2)25(23,24)22-11-9-21(10-12-22)19-6-4-5-18(20)16(19)3/h4-8,13H,9-12H2,1-3H3. The maximum Gasteiger partial charge on any atom is 0.243 e. The molecule has 2 aromatic rings. The van der Waals surface area contributed by atoms with Gasteiger partial charge in [0.25, 0.3) is 0 Å². The average Bonchev–Trinajstić information content (AvgIpc) is 2.60. The highest BCUT2D eigenvalue weighted by atomic mass is 35.5. The van der Waals surface area contributed by atoms with Gasteiger partial charge in [0.05, 0.1) is 4.90 Å². The topological polar surface area (TPSA) is 40.6 Å². The molecule has 4 nitrogen and oxygen atoms in total. The molecule has 1 aliphatic rings. The summed E-state index contributed by atoms with van der Waals surface area (Å²) in [4.78, 5) is 2.58. The van der Waals surface area contributed by atoms with Crippen molar-refractivity contribution in [3.63, 3.8) is 0 Å². The molecule has 1 saturated heterocycles. The van der Waals surface area contributed by atoms with Crippen LogP contribution in [0.3, 0.4) is 0 Å². The van der Waals surface area contributed by atoms with E-state index in [1.807, 2.05) is 45.0 Å². The molecule has 0 bridgehead atoms. The monoisotopic (exact) mass is 378 g/mol. The zero-order chi connectivity index (χ0) is 18.2. The van der Waals surface area contributed by atoms with Crippen LogP contribution in [0.1, 0.15) is 16.7 Å². The number of nitrogens with zero attached hydrogens (tertiary/aromatic N) is 2. The van der Waals surface area contributed by atoms with Gasteiger partial charge < -0.3 is 4.90 Å². The van der Waals surface area contributed by atoms with Gasteiger partial charge in [0.15, 0.2) is 0 Å². The predicted molar refractivity (Wildman–Crippen MR) is 103 cm³/mol. The van der Waals surface area contributed by atoms with Gasteiger partial charge in [-0.3, -0.25) is 0 Å². The van der Waals surface area contributed by atoms with Crippen LogP contribution in [0, 0.1) is 20.8 Å². The van der Waals surface area contributed by atoms with Crippen molar-refractivity contribution in [3.8, 4) is 0 Å². The van der Waals surface area contributed by atoms with Gasteiger partial charge in [0, 0.05) is 36.9 Å². The SMILES string of the molecule is Cc1ccc(S(=O)(=O)N2CCN(c3cccc(Cl)c3C)CC2)cc1C. The van der Waals surface area contributed by atoms with Crippen molar-refractivity contribution in [2.45, 2.75) is 25.7 Å². The van der Waals surface area contributed by atoms with Crippen LogP contribution in [-0.4, -0.2) is 38.9 Å². The van der Waals surface area contributed by atoms with Crippen molar-refractivity contribution >= 4 is 27.3 Å². The molecule has 0 amide bonds. The molecular formula is C19H23ClN2O2S. The number of aryl methyl sites for hydroxylation is 2. The first kappa shape index (κ1) is 18.2. The summed E-state index contributed by atoms with van der Waals surface area (Å²) in [6, 6.07) is 11.2. The molecule has 0 N–H and O–H groups in total. The molecule has 0 atom stereocenters. The fourth-order valence-electron chi connectivity index (χ4n) is 3.13. The van der Waals surface area contributed by atoms with Crippen LogP contribution in [0.15, 0.2) is 41.3 Å². The summed E-state index contributed by atoms with van der Waals surface area (Å²) in [5.74, 6) is 0. The lowest BCUT2D eigenvalue weighted by Gasteiger charge is -2.36. The first-order valence-corrected chi connectivity index (χ1v) is 10.2. The average molecular weight is 379 g/mol. The van der Waals surface area contributed by atoms with Gasteiger partial charge in [-0.05, 0) is 61.7 Å². The Balaban J connectivity index is 1.77. The fraction of sp³-hybridized carbons (Fsp3) is 0.368. The molecule has 1 heterocycles. The Morgan fingerprint density at radius 2 is 1.60 bits per heavy atom. The van der Waals surface area contributed by atoms with Gasteiger partial charge in [-0.25, -0.2) is 8.42 Å². The lowest BCUT2D eigenvalue weighted by Crippen LogP contribution is -2.48. The third-order valence-electron chi connectivity index (χ3n) is 4.93. The zero-order valence-corrected chi connectivity index (χ0v) is 16.4. The molecule has 25 heavy (non-hydrogen) atoms. The summed E-state index contributed by atoms with van der Waals surface area (Å²) in [7, 11) is -3.44. The molecule has 2 aromatic carbocycles. The third-order valence-corrected chi connectivity index (χ3v) is 7.24. The Morgan fingerprint density at radius 1 is 0.920 bits per heavy atom. The second-order valence-electron chi connectivity index (χ2n) is 6.52. The van der Waals surface area contributed by atoms with Crippen molar-refractivity contribution < 1.29 is 8.42 Å². The predicted octanol–water partition coefficient (Wildman–Crippen LogP) is 3.78. The highest BCUT2D eigenvalue weighted by Gasteiger charge is 2.29. The maximum absolute atomic E-state index is 12.9. The Morgan fingerprint density at radius 3 is 2.24 bits per heavy atom. The number of anilines is 1. The number of rotatable bonds is 3. The summed E-state index contributed by atoms with van der Waals surface area (Å²) in [6.07, 6.45) is 0. The van der Waals surface area contributed by atoms with Gasteiger partial charge >= 0.3 is 0 Å². The van der Waals surface area contributed by atoms with Crippen LogP contribution in [0.25, 0.3) is 0 Å². The highest BCUT2D eigenvalue weighted by molar-refractivity contribution is 7.89. The summed E-state index contributed by atoms with van der Waals surface area (Å²) in [5.41, 5.74) is 4.21. The maximum atomic E-state index is 12.9. The first-order valence-electron chi connectivity index (χ1n) is 8.38. The van der Waals surface area contributed by atoms with Gasteiger partial charge in [0.2, 0.25) is 10.0 Å². The number of hydrogen-bond donors (Lipinski definition) is 0. The summed E-state index contributed by atoms with van der Waals surface area (Å²) < 4.78 is 27.4. The van der Waals surface area contributed by atoms with E-state index in [-0.39, 0.29) is 0 Å². The number of benzene rings is 2. The van der Waals surface area contributed by atoms with Gasteiger partial charge in [-0.2, -0.15) is 4.31 Å². The molecule has 3 rings (SSSR count). The molecule has 1 fully saturated rings. The van der Waals surface area contributed by atoms with E-state index >= 15 is 0 Å². The van der Waals surface area contributed by atoms with Gasteiger partial charge in [-0.1, -0.05) is 23.7 Å². The number of piperazine rings is 1. The molecule has 0 unspecified atom stereocenters. The van der Waals surface area contributed by atoms with E-state index in [1.54, 1.807) is 16.4 Å². The van der Waals surface area contributed by atoms with Gasteiger partial charge in [-0.15, -0.1) is 0 Å². The minimum atomic E-state index is -3.44. The molecule has 6 heteroatoms. The minimum absolute atomic E-state index is 0.378. The number of sulfonamides is 1. The van der Waals surface area contributed by atoms with Crippen LogP contribution in [-0.2, 0) is 10.0 Å². The van der Waals surface area contributed by atoms with E-state index in [9.17, 15) is 8.42 Å². The third kappa shape index (κ3) is 3.54. The summed E-state index contributed by atoms with van der Waals surface area (Å²) in [6.45, 7) is 8.18. The van der Waals surface area contributed by atoms with E-state index in [4.69, 9.17) is 11.6 Å². The number of hydrogen-bond acceptors (Lipinski definition) is 3. The smallest absolute Gasteiger partial charge is 0.243 e. The highest BCUT2D eigenvalue weighted by Crippen LogP contribution is 2.28. The van der Waals surface area contributed by atoms with Crippen molar-refractivity contribution in [1.82, 2.24) is 4.31 Å². The van der Waals surface area contributed by atoms with Crippen LogP contribution in [0.4, 0.5) is 5.69 Å². The molecule has 0 radical (unpaired) electrons. The molecule has 0 aliphatic carbocycles. The lowest BCUT2D eigenvalue weighted by molar-refractivity contribution is 0.384. The molecule has 0 aromatic heterocycles. The van der Waals surface area contributed by atoms with E-state index in [2.05, 4.69) is 4.90 Å². The Bertz CT molecular complexity index is 888. The molecule has 0 saturated carbocycles. The first-order chi connectivity index (χ1) is 11.8. The molecule has 0 spiro atoms. The van der Waals surface area contributed by atoms with Crippen LogP contribution < -0.4 is 4.90 Å². The Labute approximate surface area is 155 Å². The van der Waals surface area contributed by atoms with E-state index in [1.165, 1.54) is 0 Å². The fourth-order valence-corrected chi connectivity index (χ4v) is 4.81. The van der Waals surface area contributed by atoms with Crippen LogP contribution >= 0.6 is 11.6 Å². The van der Waals surface area contributed by atoms with Crippen LogP contribution in [0.2, 0.25) is 5.02 Å². The lowest BCUT2D eigenvalue weighted by atomic mass is 10.1. The Hall–Kier alpha value is -1.56. The van der Waals surface area contributed by atoms with E-state index < -0.39 is 10.0 Å². The number of halogens is 1. The molecule has 134 valence electrons. The van der Waals surface area contributed by atoms with Crippen molar-refractivity contribution in [1.29, 1.82) is 0 Å². The normalized spacial score (nSPS) is 16.2. The summed E-state index contributed by atoms with van der Waals surface area (Å²) >= 11 is 6.21. The van der Waals surface area contributed by atoms with Crippen LogP contribution in [0.5, 0.6) is 0 Å².